The van der Waals surface area contributed by atoms with Crippen molar-refractivity contribution >= 4 is 17.5 Å². The van der Waals surface area contributed by atoms with Gasteiger partial charge < -0.3 is 10.6 Å². The van der Waals surface area contributed by atoms with Gasteiger partial charge in [0.15, 0.2) is 0 Å². The second-order valence-corrected chi connectivity index (χ2v) is 7.86. The summed E-state index contributed by atoms with van der Waals surface area (Å²) in [5, 5.41) is 5.60. The Morgan fingerprint density at radius 3 is 2.24 bits per heavy atom. The number of amides is 2. The molecule has 29 heavy (non-hydrogen) atoms. The van der Waals surface area contributed by atoms with E-state index in [0.717, 1.165) is 40.8 Å². The largest absolute Gasteiger partial charge is 0.346 e. The maximum absolute atomic E-state index is 13.1. The van der Waals surface area contributed by atoms with Crippen LogP contribution in [0.4, 0.5) is 10.1 Å². The number of halogens is 1. The predicted molar refractivity (Wildman–Crippen MR) is 112 cm³/mol. The Bertz CT molecular complexity index is 868. The van der Waals surface area contributed by atoms with E-state index in [0.29, 0.717) is 12.6 Å². The summed E-state index contributed by atoms with van der Waals surface area (Å²) < 4.78 is 13.1. The third-order valence-electron chi connectivity index (χ3n) is 5.10. The zero-order valence-corrected chi connectivity index (χ0v) is 17.2. The monoisotopic (exact) mass is 397 g/mol. The summed E-state index contributed by atoms with van der Waals surface area (Å²) in [5.41, 5.74) is 4.91. The average Bonchev–Trinajstić information content (AvgIpc) is 3.49. The van der Waals surface area contributed by atoms with Gasteiger partial charge in [-0.05, 0) is 62.4 Å². The number of aryl methyl sites for hydroxylation is 3. The molecule has 0 aromatic heterocycles. The third-order valence-corrected chi connectivity index (χ3v) is 5.10. The number of carbonyl (C=O) groups excluding carboxylic acids is 2. The number of carbonyl (C=O) groups is 2. The highest BCUT2D eigenvalue weighted by atomic mass is 19.1. The molecule has 3 rings (SSSR count). The highest BCUT2D eigenvalue weighted by Crippen LogP contribution is 2.28. The summed E-state index contributed by atoms with van der Waals surface area (Å²) in [4.78, 5) is 26.7. The van der Waals surface area contributed by atoms with E-state index in [9.17, 15) is 14.0 Å². The summed E-state index contributed by atoms with van der Waals surface area (Å²) in [7, 11) is 0. The normalized spacial score (nSPS) is 13.4. The van der Waals surface area contributed by atoms with Crippen LogP contribution in [0.1, 0.15) is 35.1 Å². The van der Waals surface area contributed by atoms with Gasteiger partial charge in [0, 0.05) is 18.3 Å². The fourth-order valence-corrected chi connectivity index (χ4v) is 3.56. The van der Waals surface area contributed by atoms with Gasteiger partial charge >= 0.3 is 0 Å². The van der Waals surface area contributed by atoms with Gasteiger partial charge in [0.2, 0.25) is 11.8 Å². The Balaban J connectivity index is 1.50. The molecule has 1 aliphatic rings. The lowest BCUT2D eigenvalue weighted by atomic mass is 10.1. The van der Waals surface area contributed by atoms with E-state index in [-0.39, 0.29) is 30.7 Å². The van der Waals surface area contributed by atoms with Crippen LogP contribution in [-0.4, -0.2) is 35.8 Å². The van der Waals surface area contributed by atoms with Crippen molar-refractivity contribution in [2.24, 2.45) is 0 Å². The molecule has 0 unspecified atom stereocenters. The Morgan fingerprint density at radius 2 is 1.66 bits per heavy atom. The first-order valence-electron chi connectivity index (χ1n) is 9.94. The number of anilines is 1. The molecular formula is C23H28FN3O2. The second-order valence-electron chi connectivity index (χ2n) is 7.86. The van der Waals surface area contributed by atoms with Crippen LogP contribution in [-0.2, 0) is 16.1 Å². The van der Waals surface area contributed by atoms with E-state index in [4.69, 9.17) is 0 Å². The highest BCUT2D eigenvalue weighted by molar-refractivity contribution is 5.96. The molecule has 0 spiro atoms. The fourth-order valence-electron chi connectivity index (χ4n) is 3.56. The van der Waals surface area contributed by atoms with Gasteiger partial charge in [-0.25, -0.2) is 4.39 Å². The molecule has 5 nitrogen and oxygen atoms in total. The minimum atomic E-state index is -0.269. The van der Waals surface area contributed by atoms with Crippen LogP contribution in [0.2, 0.25) is 0 Å². The topological polar surface area (TPSA) is 61.4 Å². The lowest BCUT2D eigenvalue weighted by Crippen LogP contribution is -2.41. The standard InChI is InChI=1S/C23H28FN3O2/c1-15-10-16(2)23(17(3)11-15)26-21(28)12-25-22(29)14-27(20-8-9-20)13-18-4-6-19(24)7-5-18/h4-7,10-11,20H,8-9,12-14H2,1-3H3,(H,25,29)(H,26,28). The molecule has 2 N–H and O–H groups in total. The molecule has 0 atom stereocenters. The van der Waals surface area contributed by atoms with Gasteiger partial charge in [0.25, 0.3) is 0 Å². The summed E-state index contributed by atoms with van der Waals surface area (Å²) >= 11 is 0. The molecule has 2 amide bonds. The molecule has 0 saturated heterocycles. The molecule has 0 bridgehead atoms. The minimum absolute atomic E-state index is 0.0688. The molecule has 0 heterocycles. The Kier molecular flexibility index (Phi) is 6.64. The number of hydrogen-bond acceptors (Lipinski definition) is 3. The van der Waals surface area contributed by atoms with Gasteiger partial charge in [-0.1, -0.05) is 29.8 Å². The number of benzene rings is 2. The van der Waals surface area contributed by atoms with E-state index >= 15 is 0 Å². The van der Waals surface area contributed by atoms with Crippen LogP contribution in [0, 0.1) is 26.6 Å². The van der Waals surface area contributed by atoms with Crippen LogP contribution in [0.15, 0.2) is 36.4 Å². The predicted octanol–water partition coefficient (Wildman–Crippen LogP) is 3.47. The van der Waals surface area contributed by atoms with Crippen molar-refractivity contribution in [1.29, 1.82) is 0 Å². The molecule has 2 aromatic rings. The molecule has 1 aliphatic carbocycles. The summed E-state index contributed by atoms with van der Waals surface area (Å²) in [5.74, 6) is -0.703. The first-order valence-corrected chi connectivity index (χ1v) is 9.94. The summed E-state index contributed by atoms with van der Waals surface area (Å²) in [6.07, 6.45) is 2.11. The quantitative estimate of drug-likeness (QED) is 0.717. The fraction of sp³-hybridized carbons (Fsp3) is 0.391. The second kappa shape index (κ2) is 9.18. The zero-order chi connectivity index (χ0) is 21.0. The first-order chi connectivity index (χ1) is 13.8. The van der Waals surface area contributed by atoms with E-state index in [1.54, 1.807) is 12.1 Å². The lowest BCUT2D eigenvalue weighted by molar-refractivity contribution is -0.125. The molecule has 6 heteroatoms. The molecule has 0 aliphatic heterocycles. The van der Waals surface area contributed by atoms with Crippen molar-refractivity contribution in [2.75, 3.05) is 18.4 Å². The number of hydrogen-bond donors (Lipinski definition) is 2. The van der Waals surface area contributed by atoms with E-state index < -0.39 is 0 Å². The van der Waals surface area contributed by atoms with Crippen LogP contribution in [0.3, 0.4) is 0 Å². The van der Waals surface area contributed by atoms with Gasteiger partial charge in [-0.15, -0.1) is 0 Å². The van der Waals surface area contributed by atoms with Crippen molar-refractivity contribution in [1.82, 2.24) is 10.2 Å². The van der Waals surface area contributed by atoms with Crippen LogP contribution >= 0.6 is 0 Å². The summed E-state index contributed by atoms with van der Waals surface area (Å²) in [6, 6.07) is 10.7. The summed E-state index contributed by atoms with van der Waals surface area (Å²) in [6.45, 7) is 6.67. The lowest BCUT2D eigenvalue weighted by Gasteiger charge is -2.21. The SMILES string of the molecule is Cc1cc(C)c(NC(=O)CNC(=O)CN(Cc2ccc(F)cc2)C2CC2)c(C)c1. The van der Waals surface area contributed by atoms with Crippen molar-refractivity contribution in [2.45, 2.75) is 46.2 Å². The number of nitrogens with zero attached hydrogens (tertiary/aromatic N) is 1. The highest BCUT2D eigenvalue weighted by Gasteiger charge is 2.30. The van der Waals surface area contributed by atoms with Crippen LogP contribution in [0.25, 0.3) is 0 Å². The van der Waals surface area contributed by atoms with Crippen LogP contribution < -0.4 is 10.6 Å². The molecule has 0 radical (unpaired) electrons. The molecule has 1 fully saturated rings. The Morgan fingerprint density at radius 1 is 1.03 bits per heavy atom. The van der Waals surface area contributed by atoms with Crippen molar-refractivity contribution in [3.63, 3.8) is 0 Å². The molecule has 1 saturated carbocycles. The van der Waals surface area contributed by atoms with E-state index in [1.807, 2.05) is 32.9 Å². The maximum atomic E-state index is 13.1. The van der Waals surface area contributed by atoms with Gasteiger partial charge in [0.05, 0.1) is 13.1 Å². The van der Waals surface area contributed by atoms with E-state index in [2.05, 4.69) is 15.5 Å². The Hall–Kier alpha value is -2.73. The van der Waals surface area contributed by atoms with Crippen molar-refractivity contribution < 1.29 is 14.0 Å². The maximum Gasteiger partial charge on any atom is 0.243 e. The van der Waals surface area contributed by atoms with Gasteiger partial charge in [-0.3, -0.25) is 14.5 Å². The van der Waals surface area contributed by atoms with E-state index in [1.165, 1.54) is 12.1 Å². The third kappa shape index (κ3) is 6.12. The number of nitrogens with one attached hydrogen (secondary N) is 2. The van der Waals surface area contributed by atoms with Crippen molar-refractivity contribution in [3.05, 3.63) is 64.5 Å². The molecule has 154 valence electrons. The zero-order valence-electron chi connectivity index (χ0n) is 17.2. The van der Waals surface area contributed by atoms with Crippen molar-refractivity contribution in [3.8, 4) is 0 Å². The molecule has 2 aromatic carbocycles. The number of rotatable bonds is 8. The van der Waals surface area contributed by atoms with Gasteiger partial charge in [-0.2, -0.15) is 0 Å². The van der Waals surface area contributed by atoms with Gasteiger partial charge in [0.1, 0.15) is 5.82 Å². The first kappa shape index (κ1) is 21.0. The smallest absolute Gasteiger partial charge is 0.243 e. The Labute approximate surface area is 171 Å². The minimum Gasteiger partial charge on any atom is -0.346 e. The van der Waals surface area contributed by atoms with Crippen LogP contribution in [0.5, 0.6) is 0 Å². The molecular weight excluding hydrogens is 369 g/mol. The average molecular weight is 397 g/mol.